The minimum atomic E-state index is -0.460. The van der Waals surface area contributed by atoms with Gasteiger partial charge in [0.25, 0.3) is 11.6 Å². The van der Waals surface area contributed by atoms with Crippen LogP contribution in [0.25, 0.3) is 16.3 Å². The number of non-ortho nitro benzene ring substituents is 1. The van der Waals surface area contributed by atoms with Crippen LogP contribution in [0.3, 0.4) is 0 Å². The number of pyridine rings is 1. The third-order valence-electron chi connectivity index (χ3n) is 5.12. The van der Waals surface area contributed by atoms with E-state index in [1.165, 1.54) is 29.5 Å². The Balaban J connectivity index is 1.69. The number of hydrogen-bond donors (Lipinski definition) is 0. The second kappa shape index (κ2) is 9.07. The summed E-state index contributed by atoms with van der Waals surface area (Å²) in [6.07, 6.45) is 4.67. The molecule has 7 nitrogen and oxygen atoms in total. The number of aryl methyl sites for hydroxylation is 2. The molecule has 0 saturated heterocycles. The van der Waals surface area contributed by atoms with Gasteiger partial charge in [-0.15, -0.1) is 0 Å². The molecule has 0 aliphatic rings. The lowest BCUT2D eigenvalue weighted by Gasteiger charge is -2.17. The van der Waals surface area contributed by atoms with Crippen molar-refractivity contribution < 1.29 is 9.72 Å². The normalized spacial score (nSPS) is 11.2. The molecule has 2 aromatic heterocycles. The van der Waals surface area contributed by atoms with E-state index in [-0.39, 0.29) is 18.1 Å². The third kappa shape index (κ3) is 4.55. The number of amides is 1. The summed E-state index contributed by atoms with van der Waals surface area (Å²) in [4.78, 5) is 34.4. The summed E-state index contributed by atoms with van der Waals surface area (Å²) in [7, 11) is 0. The van der Waals surface area contributed by atoms with Gasteiger partial charge >= 0.3 is 0 Å². The van der Waals surface area contributed by atoms with Crippen LogP contribution in [-0.2, 0) is 11.3 Å². The van der Waals surface area contributed by atoms with Crippen molar-refractivity contribution in [2.45, 2.75) is 20.4 Å². The summed E-state index contributed by atoms with van der Waals surface area (Å²) in [5.74, 6) is -0.282. The SMILES string of the molecule is Cc1ccc2sc(N(Cc3ccccn3)C(=O)/C=C/c3cccc([N+](=O)[O-])c3)nc2c1C. The van der Waals surface area contributed by atoms with Crippen molar-refractivity contribution in [1.82, 2.24) is 9.97 Å². The molecule has 0 N–H and O–H groups in total. The van der Waals surface area contributed by atoms with Gasteiger partial charge in [-0.2, -0.15) is 0 Å². The highest BCUT2D eigenvalue weighted by Gasteiger charge is 2.20. The minimum absolute atomic E-state index is 0.0260. The van der Waals surface area contributed by atoms with Crippen molar-refractivity contribution in [2.75, 3.05) is 4.90 Å². The number of carbonyl (C=O) groups is 1. The summed E-state index contributed by atoms with van der Waals surface area (Å²) in [5.41, 5.74) is 4.39. The third-order valence-corrected chi connectivity index (χ3v) is 6.16. The molecular weight excluding hydrogens is 424 g/mol. The molecule has 0 bridgehead atoms. The van der Waals surface area contributed by atoms with Gasteiger partial charge in [0.05, 0.1) is 27.4 Å². The lowest BCUT2D eigenvalue weighted by molar-refractivity contribution is -0.384. The van der Waals surface area contributed by atoms with E-state index in [1.54, 1.807) is 29.3 Å². The van der Waals surface area contributed by atoms with E-state index < -0.39 is 4.92 Å². The van der Waals surface area contributed by atoms with Crippen molar-refractivity contribution in [1.29, 1.82) is 0 Å². The molecule has 0 aliphatic carbocycles. The lowest BCUT2D eigenvalue weighted by atomic mass is 10.1. The largest absolute Gasteiger partial charge is 0.278 e. The van der Waals surface area contributed by atoms with E-state index in [0.717, 1.165) is 27.0 Å². The number of nitro benzene ring substituents is 1. The fourth-order valence-electron chi connectivity index (χ4n) is 3.22. The molecule has 0 unspecified atom stereocenters. The molecule has 0 atom stereocenters. The van der Waals surface area contributed by atoms with Gasteiger partial charge in [-0.1, -0.05) is 35.6 Å². The van der Waals surface area contributed by atoms with Gasteiger partial charge in [-0.3, -0.25) is 24.8 Å². The number of aromatic nitrogens is 2. The van der Waals surface area contributed by atoms with Crippen molar-refractivity contribution >= 4 is 44.4 Å². The van der Waals surface area contributed by atoms with Gasteiger partial charge in [0, 0.05) is 24.4 Å². The zero-order chi connectivity index (χ0) is 22.7. The average molecular weight is 445 g/mol. The number of nitrogens with zero attached hydrogens (tertiary/aromatic N) is 4. The van der Waals surface area contributed by atoms with Crippen LogP contribution in [0.15, 0.2) is 66.9 Å². The van der Waals surface area contributed by atoms with Crippen LogP contribution in [-0.4, -0.2) is 20.8 Å². The first-order chi connectivity index (χ1) is 15.4. The van der Waals surface area contributed by atoms with Gasteiger partial charge in [0.2, 0.25) is 0 Å². The highest BCUT2D eigenvalue weighted by Crippen LogP contribution is 2.32. The van der Waals surface area contributed by atoms with Gasteiger partial charge in [-0.05, 0) is 54.8 Å². The second-order valence-electron chi connectivity index (χ2n) is 7.28. The molecule has 4 rings (SSSR count). The fraction of sp³-hybridized carbons (Fsp3) is 0.125. The van der Waals surface area contributed by atoms with Crippen molar-refractivity contribution in [3.8, 4) is 0 Å². The van der Waals surface area contributed by atoms with Crippen LogP contribution in [0, 0.1) is 24.0 Å². The smallest absolute Gasteiger partial charge is 0.270 e. The number of hydrogen-bond acceptors (Lipinski definition) is 6. The van der Waals surface area contributed by atoms with E-state index >= 15 is 0 Å². The Bertz CT molecular complexity index is 1330. The zero-order valence-corrected chi connectivity index (χ0v) is 18.4. The molecule has 0 saturated carbocycles. The van der Waals surface area contributed by atoms with Crippen LogP contribution < -0.4 is 4.90 Å². The van der Waals surface area contributed by atoms with Gasteiger partial charge < -0.3 is 0 Å². The average Bonchev–Trinajstić information content (AvgIpc) is 3.24. The molecule has 0 aliphatic heterocycles. The van der Waals surface area contributed by atoms with Gasteiger partial charge in [-0.25, -0.2) is 4.98 Å². The Morgan fingerprint density at radius 1 is 1.16 bits per heavy atom. The topological polar surface area (TPSA) is 89.2 Å². The number of rotatable bonds is 6. The number of thiazole rings is 1. The van der Waals surface area contributed by atoms with Crippen molar-refractivity contribution in [3.05, 3.63) is 99.4 Å². The second-order valence-corrected chi connectivity index (χ2v) is 8.29. The van der Waals surface area contributed by atoms with E-state index in [0.29, 0.717) is 10.7 Å². The molecule has 0 fully saturated rings. The Labute approximate surface area is 188 Å². The number of nitro groups is 1. The summed E-state index contributed by atoms with van der Waals surface area (Å²) >= 11 is 1.45. The fourth-order valence-corrected chi connectivity index (χ4v) is 4.25. The molecule has 160 valence electrons. The monoisotopic (exact) mass is 444 g/mol. The predicted octanol–water partition coefficient (Wildman–Crippen LogP) is 5.46. The maximum Gasteiger partial charge on any atom is 0.270 e. The maximum atomic E-state index is 13.2. The highest BCUT2D eigenvalue weighted by atomic mass is 32.1. The predicted molar refractivity (Wildman–Crippen MR) is 127 cm³/mol. The lowest BCUT2D eigenvalue weighted by Crippen LogP contribution is -2.29. The van der Waals surface area contributed by atoms with Crippen LogP contribution in [0.2, 0.25) is 0 Å². The van der Waals surface area contributed by atoms with E-state index in [1.807, 2.05) is 44.2 Å². The summed E-state index contributed by atoms with van der Waals surface area (Å²) in [6.45, 7) is 4.32. The molecular formula is C24H20N4O3S. The van der Waals surface area contributed by atoms with Crippen LogP contribution in [0.4, 0.5) is 10.8 Å². The highest BCUT2D eigenvalue weighted by molar-refractivity contribution is 7.22. The molecule has 0 radical (unpaired) electrons. The van der Waals surface area contributed by atoms with Gasteiger partial charge in [0.1, 0.15) is 0 Å². The van der Waals surface area contributed by atoms with E-state index in [2.05, 4.69) is 4.98 Å². The quantitative estimate of drug-likeness (QED) is 0.224. The van der Waals surface area contributed by atoms with Crippen LogP contribution in [0.1, 0.15) is 22.4 Å². The Morgan fingerprint density at radius 3 is 2.75 bits per heavy atom. The summed E-state index contributed by atoms with van der Waals surface area (Å²) in [6, 6.07) is 15.8. The molecule has 0 spiro atoms. The number of anilines is 1. The molecule has 1 amide bonds. The summed E-state index contributed by atoms with van der Waals surface area (Å²) in [5, 5.41) is 11.6. The van der Waals surface area contributed by atoms with Crippen molar-refractivity contribution in [2.24, 2.45) is 0 Å². The maximum absolute atomic E-state index is 13.2. The van der Waals surface area contributed by atoms with Crippen LogP contribution >= 0.6 is 11.3 Å². The number of fused-ring (bicyclic) bond motifs is 1. The first-order valence-electron chi connectivity index (χ1n) is 9.93. The first kappa shape index (κ1) is 21.3. The molecule has 2 aromatic carbocycles. The molecule has 4 aromatic rings. The van der Waals surface area contributed by atoms with Crippen molar-refractivity contribution in [3.63, 3.8) is 0 Å². The minimum Gasteiger partial charge on any atom is -0.278 e. The Morgan fingerprint density at radius 2 is 2.00 bits per heavy atom. The standard InChI is InChI=1S/C24H20N4O3S/c1-16-9-11-21-23(17(16)2)26-24(32-21)27(15-19-7-3-4-13-25-19)22(29)12-10-18-6-5-8-20(14-18)28(30)31/h3-14H,15H2,1-2H3/b12-10+. The van der Waals surface area contributed by atoms with E-state index in [9.17, 15) is 14.9 Å². The van der Waals surface area contributed by atoms with Crippen LogP contribution in [0.5, 0.6) is 0 Å². The first-order valence-corrected chi connectivity index (χ1v) is 10.7. The van der Waals surface area contributed by atoms with E-state index in [4.69, 9.17) is 4.98 Å². The molecule has 2 heterocycles. The Kier molecular flexibility index (Phi) is 6.04. The number of carbonyl (C=O) groups excluding carboxylic acids is 1. The zero-order valence-electron chi connectivity index (χ0n) is 17.6. The molecule has 32 heavy (non-hydrogen) atoms. The molecule has 8 heteroatoms. The Hall–Kier alpha value is -3.91. The van der Waals surface area contributed by atoms with Gasteiger partial charge in [0.15, 0.2) is 5.13 Å². The summed E-state index contributed by atoms with van der Waals surface area (Å²) < 4.78 is 1.00. The number of benzene rings is 2.